The molecule has 1 aliphatic carbocycles. The van der Waals surface area contributed by atoms with E-state index in [1.54, 1.807) is 0 Å². The molecule has 5 heteroatoms. The van der Waals surface area contributed by atoms with Gasteiger partial charge in [0.2, 0.25) is 5.91 Å². The summed E-state index contributed by atoms with van der Waals surface area (Å²) in [5.41, 5.74) is 1.29. The highest BCUT2D eigenvalue weighted by molar-refractivity contribution is 7.11. The second-order valence-corrected chi connectivity index (χ2v) is 8.39. The maximum atomic E-state index is 12.5. The molecular formula is C18H29N3OS. The van der Waals surface area contributed by atoms with Crippen LogP contribution in [0.1, 0.15) is 54.6 Å². The van der Waals surface area contributed by atoms with E-state index in [-0.39, 0.29) is 5.91 Å². The molecule has 1 saturated heterocycles. The van der Waals surface area contributed by atoms with E-state index in [0.29, 0.717) is 24.8 Å². The van der Waals surface area contributed by atoms with Gasteiger partial charge in [-0.05, 0) is 63.5 Å². The predicted octanol–water partition coefficient (Wildman–Crippen LogP) is 3.01. The number of hydrogen-bond donors (Lipinski definition) is 1. The van der Waals surface area contributed by atoms with Crippen LogP contribution in [-0.4, -0.2) is 35.9 Å². The minimum Gasteiger partial charge on any atom is -0.339 e. The third-order valence-corrected chi connectivity index (χ3v) is 6.47. The van der Waals surface area contributed by atoms with Crippen LogP contribution in [-0.2, 0) is 24.2 Å². The van der Waals surface area contributed by atoms with Crippen molar-refractivity contribution in [2.24, 2.45) is 11.8 Å². The largest absolute Gasteiger partial charge is 0.339 e. The van der Waals surface area contributed by atoms with Crippen LogP contribution in [0.25, 0.3) is 0 Å². The lowest BCUT2D eigenvalue weighted by molar-refractivity contribution is -0.131. The van der Waals surface area contributed by atoms with Gasteiger partial charge in [-0.2, -0.15) is 0 Å². The zero-order valence-corrected chi connectivity index (χ0v) is 15.3. The number of thiazole rings is 1. The van der Waals surface area contributed by atoms with Crippen LogP contribution >= 0.6 is 11.3 Å². The van der Waals surface area contributed by atoms with Crippen LogP contribution in [0.4, 0.5) is 0 Å². The Bertz CT molecular complexity index is 513. The van der Waals surface area contributed by atoms with Crippen LogP contribution in [0.2, 0.25) is 0 Å². The number of nitrogens with zero attached hydrogens (tertiary/aromatic N) is 2. The van der Waals surface area contributed by atoms with Gasteiger partial charge in [0.1, 0.15) is 5.01 Å². The highest BCUT2D eigenvalue weighted by Crippen LogP contribution is 2.28. The number of aromatic nitrogens is 1. The van der Waals surface area contributed by atoms with Crippen molar-refractivity contribution in [1.29, 1.82) is 0 Å². The molecule has 3 rings (SSSR count). The smallest absolute Gasteiger partial charge is 0.222 e. The summed E-state index contributed by atoms with van der Waals surface area (Å²) in [5.74, 6) is 1.37. The van der Waals surface area contributed by atoms with E-state index >= 15 is 0 Å². The van der Waals surface area contributed by atoms with Gasteiger partial charge in [0.15, 0.2) is 0 Å². The number of aryl methyl sites for hydroxylation is 2. The highest BCUT2D eigenvalue weighted by atomic mass is 32.1. The van der Waals surface area contributed by atoms with Crippen LogP contribution in [0.5, 0.6) is 0 Å². The van der Waals surface area contributed by atoms with Crippen LogP contribution in [0, 0.1) is 11.8 Å². The maximum Gasteiger partial charge on any atom is 0.222 e. The maximum absolute atomic E-state index is 12.5. The average molecular weight is 336 g/mol. The number of carbonyl (C=O) groups is 1. The number of rotatable bonds is 5. The van der Waals surface area contributed by atoms with Crippen molar-refractivity contribution in [1.82, 2.24) is 15.2 Å². The lowest BCUT2D eigenvalue weighted by Gasteiger charge is -2.29. The highest BCUT2D eigenvalue weighted by Gasteiger charge is 2.24. The molecule has 1 aromatic heterocycles. The number of piperidine rings is 1. The minimum absolute atomic E-state index is 0.260. The molecule has 1 fully saturated rings. The van der Waals surface area contributed by atoms with E-state index in [1.807, 2.05) is 23.3 Å². The number of nitrogens with one attached hydrogen (secondary N) is 1. The van der Waals surface area contributed by atoms with Gasteiger partial charge in [-0.15, -0.1) is 11.3 Å². The summed E-state index contributed by atoms with van der Waals surface area (Å²) >= 11 is 1.81. The normalized spacial score (nSPS) is 22.4. The summed E-state index contributed by atoms with van der Waals surface area (Å²) in [7, 11) is 1.93. The van der Waals surface area contributed by atoms with Gasteiger partial charge in [-0.1, -0.05) is 6.92 Å². The third-order valence-electron chi connectivity index (χ3n) is 5.32. The van der Waals surface area contributed by atoms with Crippen molar-refractivity contribution in [2.45, 2.75) is 58.4 Å². The lowest BCUT2D eigenvalue weighted by atomic mass is 9.85. The summed E-state index contributed by atoms with van der Waals surface area (Å²) in [6.45, 7) is 5.10. The van der Waals surface area contributed by atoms with Crippen molar-refractivity contribution in [3.05, 3.63) is 15.6 Å². The van der Waals surface area contributed by atoms with Gasteiger partial charge in [0, 0.05) is 18.3 Å². The van der Waals surface area contributed by atoms with Crippen molar-refractivity contribution in [3.63, 3.8) is 0 Å². The summed E-state index contributed by atoms with van der Waals surface area (Å²) in [4.78, 5) is 20.6. The summed E-state index contributed by atoms with van der Waals surface area (Å²) in [6, 6.07) is 0. The summed E-state index contributed by atoms with van der Waals surface area (Å²) in [5, 5.41) is 4.56. The van der Waals surface area contributed by atoms with Gasteiger partial charge in [-0.25, -0.2) is 4.98 Å². The molecule has 2 unspecified atom stereocenters. The van der Waals surface area contributed by atoms with Gasteiger partial charge in [-0.3, -0.25) is 4.79 Å². The SMILES string of the molecule is CC(CC(=O)N(C)Cc1nc2c(s1)CCCC2)C1CCCNC1. The number of hydrogen-bond acceptors (Lipinski definition) is 4. The first-order valence-electron chi connectivity index (χ1n) is 9.05. The molecule has 0 radical (unpaired) electrons. The molecule has 4 nitrogen and oxygen atoms in total. The topological polar surface area (TPSA) is 45.2 Å². The monoisotopic (exact) mass is 335 g/mol. The number of fused-ring (bicyclic) bond motifs is 1. The molecular weight excluding hydrogens is 306 g/mol. The van der Waals surface area contributed by atoms with E-state index in [9.17, 15) is 4.79 Å². The van der Waals surface area contributed by atoms with Crippen molar-refractivity contribution in [3.8, 4) is 0 Å². The van der Waals surface area contributed by atoms with Gasteiger partial charge in [0.05, 0.1) is 12.2 Å². The molecule has 2 heterocycles. The second-order valence-electron chi connectivity index (χ2n) is 7.22. The van der Waals surface area contributed by atoms with Gasteiger partial charge < -0.3 is 10.2 Å². The number of amides is 1. The Kier molecular flexibility index (Phi) is 5.70. The van der Waals surface area contributed by atoms with E-state index in [4.69, 9.17) is 4.98 Å². The molecule has 0 saturated carbocycles. The molecule has 0 aromatic carbocycles. The van der Waals surface area contributed by atoms with Gasteiger partial charge in [0.25, 0.3) is 0 Å². The molecule has 1 amide bonds. The Labute approximate surface area is 143 Å². The van der Waals surface area contributed by atoms with Gasteiger partial charge >= 0.3 is 0 Å². The second kappa shape index (κ2) is 7.75. The molecule has 1 aromatic rings. The number of carbonyl (C=O) groups excluding carboxylic acids is 1. The van der Waals surface area contributed by atoms with E-state index in [2.05, 4.69) is 12.2 Å². The Morgan fingerprint density at radius 3 is 2.96 bits per heavy atom. The van der Waals surface area contributed by atoms with Crippen molar-refractivity contribution >= 4 is 17.2 Å². The zero-order chi connectivity index (χ0) is 16.2. The minimum atomic E-state index is 0.260. The molecule has 23 heavy (non-hydrogen) atoms. The first-order valence-corrected chi connectivity index (χ1v) is 9.87. The quantitative estimate of drug-likeness (QED) is 0.900. The lowest BCUT2D eigenvalue weighted by Crippen LogP contribution is -2.36. The van der Waals surface area contributed by atoms with Crippen molar-refractivity contribution < 1.29 is 4.79 Å². The predicted molar refractivity (Wildman–Crippen MR) is 94.6 cm³/mol. The van der Waals surface area contributed by atoms with E-state index < -0.39 is 0 Å². The fourth-order valence-corrected chi connectivity index (χ4v) is 4.94. The van der Waals surface area contributed by atoms with E-state index in [0.717, 1.165) is 24.5 Å². The third kappa shape index (κ3) is 4.32. The fourth-order valence-electron chi connectivity index (χ4n) is 3.73. The molecule has 1 aliphatic heterocycles. The summed E-state index contributed by atoms with van der Waals surface area (Å²) < 4.78 is 0. The fraction of sp³-hybridized carbons (Fsp3) is 0.778. The van der Waals surface area contributed by atoms with Crippen LogP contribution in [0.15, 0.2) is 0 Å². The molecule has 2 aliphatic rings. The van der Waals surface area contributed by atoms with Crippen LogP contribution in [0.3, 0.4) is 0 Å². The molecule has 2 atom stereocenters. The van der Waals surface area contributed by atoms with Crippen molar-refractivity contribution in [2.75, 3.05) is 20.1 Å². The first kappa shape index (κ1) is 16.9. The van der Waals surface area contributed by atoms with E-state index in [1.165, 1.54) is 42.7 Å². The average Bonchev–Trinajstić information content (AvgIpc) is 2.97. The Morgan fingerprint density at radius 2 is 2.22 bits per heavy atom. The first-order chi connectivity index (χ1) is 11.1. The molecule has 0 bridgehead atoms. The Morgan fingerprint density at radius 1 is 1.39 bits per heavy atom. The standard InChI is InChI=1S/C18H29N3OS/c1-13(14-6-5-9-19-11-14)10-18(22)21(2)12-17-20-15-7-3-4-8-16(15)23-17/h13-14,19H,3-12H2,1-2H3. The van der Waals surface area contributed by atoms with Crippen LogP contribution < -0.4 is 5.32 Å². The molecule has 1 N–H and O–H groups in total. The molecule has 128 valence electrons. The zero-order valence-electron chi connectivity index (χ0n) is 14.4. The Hall–Kier alpha value is -0.940. The summed E-state index contributed by atoms with van der Waals surface area (Å²) in [6.07, 6.45) is 8.00. The Balaban J connectivity index is 1.51. The molecule has 0 spiro atoms.